The second kappa shape index (κ2) is 3.95. The van der Waals surface area contributed by atoms with E-state index in [9.17, 15) is 0 Å². The number of aromatic nitrogens is 1. The van der Waals surface area contributed by atoms with Crippen molar-refractivity contribution in [3.8, 4) is 5.75 Å². The molecule has 3 heteroatoms. The monoisotopic (exact) mass is 234 g/mol. The number of hydrogen-bond acceptors (Lipinski definition) is 1. The summed E-state index contributed by atoms with van der Waals surface area (Å²) in [6, 6.07) is 7.96. The van der Waals surface area contributed by atoms with E-state index in [0.717, 1.165) is 47.7 Å². The summed E-state index contributed by atoms with van der Waals surface area (Å²) >= 11 is 6.21. The first-order valence-corrected chi connectivity index (χ1v) is 5.97. The van der Waals surface area contributed by atoms with Gasteiger partial charge in [0.1, 0.15) is 6.54 Å². The van der Waals surface area contributed by atoms with Gasteiger partial charge >= 0.3 is 0 Å². The standard InChI is InChI=1S/C13H13ClNO/c14-11-5-6-12-13-10(11)4-3-8-15(13)7-1-2-9-16-12/h3-6,8H,1-2,7,9H2/q+1. The van der Waals surface area contributed by atoms with Crippen LogP contribution in [0.3, 0.4) is 0 Å². The molecule has 0 fully saturated rings. The van der Waals surface area contributed by atoms with E-state index in [2.05, 4.69) is 10.8 Å². The molecule has 0 radical (unpaired) electrons. The molecule has 0 atom stereocenters. The minimum atomic E-state index is 0.789. The molecule has 0 unspecified atom stereocenters. The molecule has 0 saturated carbocycles. The van der Waals surface area contributed by atoms with E-state index < -0.39 is 0 Å². The van der Waals surface area contributed by atoms with Crippen LogP contribution in [-0.4, -0.2) is 6.61 Å². The Labute approximate surface area is 99.4 Å². The summed E-state index contributed by atoms with van der Waals surface area (Å²) < 4.78 is 8.01. The Kier molecular flexibility index (Phi) is 2.44. The molecule has 0 N–H and O–H groups in total. The predicted octanol–water partition coefficient (Wildman–Crippen LogP) is 2.95. The van der Waals surface area contributed by atoms with E-state index in [4.69, 9.17) is 16.3 Å². The van der Waals surface area contributed by atoms with E-state index in [1.54, 1.807) is 0 Å². The van der Waals surface area contributed by atoms with Crippen molar-refractivity contribution in [1.82, 2.24) is 0 Å². The smallest absolute Gasteiger partial charge is 0.256 e. The zero-order chi connectivity index (χ0) is 11.0. The summed E-state index contributed by atoms with van der Waals surface area (Å²) in [4.78, 5) is 0. The molecule has 2 nitrogen and oxygen atoms in total. The van der Waals surface area contributed by atoms with E-state index in [1.165, 1.54) is 0 Å². The molecule has 1 aromatic carbocycles. The molecule has 2 aromatic rings. The lowest BCUT2D eigenvalue weighted by molar-refractivity contribution is -0.672. The molecule has 16 heavy (non-hydrogen) atoms. The number of ether oxygens (including phenoxy) is 1. The Hall–Kier alpha value is -1.28. The lowest BCUT2D eigenvalue weighted by Gasteiger charge is -2.12. The Morgan fingerprint density at radius 3 is 3.06 bits per heavy atom. The Bertz CT molecular complexity index is 526. The quantitative estimate of drug-likeness (QED) is 0.639. The molecule has 0 spiro atoms. The SMILES string of the molecule is Clc1ccc2c3c1ccc[n+]3CCCCO2. The molecule has 0 saturated heterocycles. The van der Waals surface area contributed by atoms with Crippen molar-refractivity contribution in [1.29, 1.82) is 0 Å². The maximum Gasteiger partial charge on any atom is 0.256 e. The Morgan fingerprint density at radius 2 is 2.12 bits per heavy atom. The molecule has 2 heterocycles. The summed E-state index contributed by atoms with van der Waals surface area (Å²) in [6.07, 6.45) is 4.35. The van der Waals surface area contributed by atoms with Gasteiger partial charge in [-0.1, -0.05) is 11.6 Å². The highest BCUT2D eigenvalue weighted by Gasteiger charge is 2.18. The molecule has 1 aliphatic heterocycles. The molecule has 3 rings (SSSR count). The van der Waals surface area contributed by atoms with Crippen molar-refractivity contribution in [2.24, 2.45) is 0 Å². The van der Waals surface area contributed by atoms with Crippen LogP contribution in [0.4, 0.5) is 0 Å². The third-order valence-electron chi connectivity index (χ3n) is 2.99. The first-order chi connectivity index (χ1) is 7.86. The third-order valence-corrected chi connectivity index (χ3v) is 3.32. The largest absolute Gasteiger partial charge is 0.487 e. The highest BCUT2D eigenvalue weighted by Crippen LogP contribution is 2.29. The average molecular weight is 235 g/mol. The Balaban J connectivity index is 2.35. The van der Waals surface area contributed by atoms with Crippen LogP contribution in [0.15, 0.2) is 30.5 Å². The molecule has 0 aliphatic carbocycles. The lowest BCUT2D eigenvalue weighted by Crippen LogP contribution is -2.35. The van der Waals surface area contributed by atoms with Crippen LogP contribution in [0, 0.1) is 0 Å². The van der Waals surface area contributed by atoms with E-state index in [-0.39, 0.29) is 0 Å². The zero-order valence-corrected chi connectivity index (χ0v) is 9.70. The van der Waals surface area contributed by atoms with Crippen molar-refractivity contribution in [2.45, 2.75) is 19.4 Å². The van der Waals surface area contributed by atoms with E-state index in [1.807, 2.05) is 24.3 Å². The van der Waals surface area contributed by atoms with Crippen LogP contribution in [0.5, 0.6) is 5.75 Å². The molecule has 1 aliphatic rings. The molecular formula is C13H13ClNO+. The summed E-state index contributed by atoms with van der Waals surface area (Å²) in [5.74, 6) is 0.944. The molecular weight excluding hydrogens is 222 g/mol. The van der Waals surface area contributed by atoms with Gasteiger partial charge in [-0.25, -0.2) is 0 Å². The highest BCUT2D eigenvalue weighted by molar-refractivity contribution is 6.35. The Morgan fingerprint density at radius 1 is 1.19 bits per heavy atom. The number of halogens is 1. The second-order valence-electron chi connectivity index (χ2n) is 4.06. The second-order valence-corrected chi connectivity index (χ2v) is 4.47. The maximum atomic E-state index is 6.21. The van der Waals surface area contributed by atoms with Gasteiger partial charge < -0.3 is 4.74 Å². The number of pyridine rings is 1. The molecule has 0 amide bonds. The normalized spacial score (nSPS) is 15.3. The fourth-order valence-corrected chi connectivity index (χ4v) is 2.42. The van der Waals surface area contributed by atoms with Crippen molar-refractivity contribution < 1.29 is 9.30 Å². The van der Waals surface area contributed by atoms with Gasteiger partial charge in [-0.05, 0) is 24.6 Å². The number of rotatable bonds is 0. The van der Waals surface area contributed by atoms with Crippen LogP contribution in [-0.2, 0) is 6.54 Å². The fourth-order valence-electron chi connectivity index (χ4n) is 2.21. The van der Waals surface area contributed by atoms with Gasteiger partial charge in [0.15, 0.2) is 11.9 Å². The van der Waals surface area contributed by atoms with Crippen molar-refractivity contribution >= 4 is 22.5 Å². The van der Waals surface area contributed by atoms with Gasteiger partial charge in [0.25, 0.3) is 5.52 Å². The van der Waals surface area contributed by atoms with Gasteiger partial charge in [0, 0.05) is 12.5 Å². The van der Waals surface area contributed by atoms with Gasteiger partial charge in [-0.3, -0.25) is 0 Å². The van der Waals surface area contributed by atoms with E-state index >= 15 is 0 Å². The van der Waals surface area contributed by atoms with Crippen LogP contribution < -0.4 is 9.30 Å². The number of nitrogens with zero attached hydrogens (tertiary/aromatic N) is 1. The first kappa shape index (κ1) is 9.91. The fraction of sp³-hybridized carbons (Fsp3) is 0.308. The molecule has 0 bridgehead atoms. The molecule has 82 valence electrons. The third kappa shape index (κ3) is 1.54. The number of aryl methyl sites for hydroxylation is 1. The van der Waals surface area contributed by atoms with Crippen molar-refractivity contribution in [3.63, 3.8) is 0 Å². The van der Waals surface area contributed by atoms with Gasteiger partial charge in [-0.15, -0.1) is 0 Å². The predicted molar refractivity (Wildman–Crippen MR) is 63.9 cm³/mol. The topological polar surface area (TPSA) is 13.1 Å². The average Bonchev–Trinajstić information content (AvgIpc) is 2.28. The lowest BCUT2D eigenvalue weighted by atomic mass is 10.1. The van der Waals surface area contributed by atoms with Gasteiger partial charge in [-0.2, -0.15) is 4.57 Å². The van der Waals surface area contributed by atoms with Crippen molar-refractivity contribution in [2.75, 3.05) is 6.61 Å². The minimum Gasteiger partial charge on any atom is -0.487 e. The highest BCUT2D eigenvalue weighted by atomic mass is 35.5. The van der Waals surface area contributed by atoms with E-state index in [0.29, 0.717) is 0 Å². The van der Waals surface area contributed by atoms with Crippen LogP contribution in [0.1, 0.15) is 12.8 Å². The minimum absolute atomic E-state index is 0.789. The maximum absolute atomic E-state index is 6.21. The van der Waals surface area contributed by atoms with Crippen LogP contribution in [0.2, 0.25) is 5.02 Å². The number of benzene rings is 1. The molecule has 1 aromatic heterocycles. The van der Waals surface area contributed by atoms with Crippen molar-refractivity contribution in [3.05, 3.63) is 35.5 Å². The number of hydrogen-bond donors (Lipinski definition) is 0. The van der Waals surface area contributed by atoms with Crippen LogP contribution in [0.25, 0.3) is 10.9 Å². The summed E-state index contributed by atoms with van der Waals surface area (Å²) in [5.41, 5.74) is 1.12. The first-order valence-electron chi connectivity index (χ1n) is 5.60. The van der Waals surface area contributed by atoms with Crippen LogP contribution >= 0.6 is 11.6 Å². The summed E-state index contributed by atoms with van der Waals surface area (Å²) in [6.45, 7) is 1.83. The summed E-state index contributed by atoms with van der Waals surface area (Å²) in [5, 5.41) is 1.86. The van der Waals surface area contributed by atoms with Gasteiger partial charge in [0.05, 0.1) is 17.0 Å². The zero-order valence-electron chi connectivity index (χ0n) is 8.95. The van der Waals surface area contributed by atoms with Gasteiger partial charge in [0.2, 0.25) is 0 Å². The summed E-state index contributed by atoms with van der Waals surface area (Å²) in [7, 11) is 0.